The molecule has 0 bridgehead atoms. The minimum atomic E-state index is -1.34. The molecule has 1 aliphatic rings. The molecule has 0 aliphatic heterocycles. The summed E-state index contributed by atoms with van der Waals surface area (Å²) in [5.74, 6) is -0.630. The number of unbranched alkanes of at least 4 members (excludes halogenated alkanes) is 6. The van der Waals surface area contributed by atoms with Crippen LogP contribution in [0.25, 0.3) is 5.57 Å². The number of esters is 1. The van der Waals surface area contributed by atoms with E-state index in [-0.39, 0.29) is 12.5 Å². The van der Waals surface area contributed by atoms with Gasteiger partial charge in [-0.3, -0.25) is 4.79 Å². The average molecular weight is 533 g/mol. The first kappa shape index (κ1) is 30.2. The van der Waals surface area contributed by atoms with Crippen LogP contribution in [-0.4, -0.2) is 29.8 Å². The Bertz CT molecular complexity index is 1130. The van der Waals surface area contributed by atoms with Crippen LogP contribution >= 0.6 is 0 Å². The molecule has 2 aromatic carbocycles. The van der Waals surface area contributed by atoms with Crippen molar-refractivity contribution in [2.75, 3.05) is 6.61 Å². The molecule has 0 amide bonds. The normalized spacial score (nSPS) is 17.4. The summed E-state index contributed by atoms with van der Waals surface area (Å²) in [4.78, 5) is 25.7. The standard InChI is InChI=1S/C34H44O5/c1-4-6-8-9-10-13-25-38-29-19-17-27(18-20-29)28-21-23-34(24-22-28,33(36)37)31-16-12-11-15-30(31)32(35)39-26(3)14-7-5-2/h11-12,15-23,26H,4-10,13-14,24-25H2,1-3H3,(H,36,37). The number of carbonyl (C=O) groups is 2. The number of allylic oxidation sites excluding steroid dienone is 3. The van der Waals surface area contributed by atoms with E-state index < -0.39 is 17.4 Å². The third-order valence-corrected chi connectivity index (χ3v) is 7.43. The second-order valence-corrected chi connectivity index (χ2v) is 10.5. The fourth-order valence-corrected chi connectivity index (χ4v) is 4.99. The van der Waals surface area contributed by atoms with Crippen LogP contribution < -0.4 is 4.74 Å². The highest BCUT2D eigenvalue weighted by molar-refractivity contribution is 5.97. The zero-order chi connectivity index (χ0) is 28.1. The van der Waals surface area contributed by atoms with E-state index in [4.69, 9.17) is 9.47 Å². The zero-order valence-corrected chi connectivity index (χ0v) is 23.8. The van der Waals surface area contributed by atoms with Crippen molar-refractivity contribution < 1.29 is 24.2 Å². The Morgan fingerprint density at radius 1 is 0.923 bits per heavy atom. The number of rotatable bonds is 16. The molecule has 0 radical (unpaired) electrons. The molecular weight excluding hydrogens is 488 g/mol. The van der Waals surface area contributed by atoms with Crippen molar-refractivity contribution in [3.8, 4) is 5.75 Å². The van der Waals surface area contributed by atoms with Crippen molar-refractivity contribution in [2.45, 2.75) is 96.5 Å². The molecule has 0 saturated carbocycles. The van der Waals surface area contributed by atoms with Crippen LogP contribution in [-0.2, 0) is 14.9 Å². The van der Waals surface area contributed by atoms with Crippen LogP contribution in [0.1, 0.15) is 106 Å². The Morgan fingerprint density at radius 2 is 1.62 bits per heavy atom. The van der Waals surface area contributed by atoms with E-state index in [0.29, 0.717) is 17.7 Å². The maximum atomic E-state index is 13.1. The van der Waals surface area contributed by atoms with Crippen LogP contribution in [0.3, 0.4) is 0 Å². The topological polar surface area (TPSA) is 72.8 Å². The molecule has 39 heavy (non-hydrogen) atoms. The first-order valence-electron chi connectivity index (χ1n) is 14.6. The van der Waals surface area contributed by atoms with Gasteiger partial charge in [-0.25, -0.2) is 4.79 Å². The van der Waals surface area contributed by atoms with Crippen LogP contribution in [0.2, 0.25) is 0 Å². The van der Waals surface area contributed by atoms with Gasteiger partial charge in [0.1, 0.15) is 11.2 Å². The number of carboxylic acids is 1. The van der Waals surface area contributed by atoms with Gasteiger partial charge in [-0.15, -0.1) is 0 Å². The summed E-state index contributed by atoms with van der Waals surface area (Å²) in [6, 6.07) is 14.8. The summed E-state index contributed by atoms with van der Waals surface area (Å²) in [6.07, 6.45) is 15.6. The lowest BCUT2D eigenvalue weighted by Gasteiger charge is -2.30. The molecular formula is C34H44O5. The van der Waals surface area contributed by atoms with E-state index in [2.05, 4.69) is 13.8 Å². The summed E-state index contributed by atoms with van der Waals surface area (Å²) in [5, 5.41) is 10.4. The molecule has 2 atom stereocenters. The number of aliphatic carboxylic acids is 1. The molecule has 3 rings (SSSR count). The molecule has 0 fully saturated rings. The van der Waals surface area contributed by atoms with Gasteiger partial charge >= 0.3 is 11.9 Å². The number of hydrogen-bond donors (Lipinski definition) is 1. The van der Waals surface area contributed by atoms with Crippen molar-refractivity contribution in [1.29, 1.82) is 0 Å². The molecule has 1 aliphatic carbocycles. The number of ether oxygens (including phenoxy) is 2. The number of carboxylic acid groups (broad SMARTS) is 1. The highest BCUT2D eigenvalue weighted by Crippen LogP contribution is 2.39. The van der Waals surface area contributed by atoms with Crippen LogP contribution in [0.5, 0.6) is 5.75 Å². The Kier molecular flexibility index (Phi) is 11.9. The minimum absolute atomic E-state index is 0.225. The van der Waals surface area contributed by atoms with Gasteiger partial charge in [-0.2, -0.15) is 0 Å². The Morgan fingerprint density at radius 3 is 2.28 bits per heavy atom. The van der Waals surface area contributed by atoms with Gasteiger partial charge < -0.3 is 14.6 Å². The highest BCUT2D eigenvalue weighted by Gasteiger charge is 2.41. The first-order valence-corrected chi connectivity index (χ1v) is 14.6. The van der Waals surface area contributed by atoms with Crippen LogP contribution in [0.15, 0.2) is 66.8 Å². The average Bonchev–Trinajstić information content (AvgIpc) is 2.96. The zero-order valence-electron chi connectivity index (χ0n) is 23.8. The fourth-order valence-electron chi connectivity index (χ4n) is 4.99. The second-order valence-electron chi connectivity index (χ2n) is 10.5. The van der Waals surface area contributed by atoms with Gasteiger partial charge in [0, 0.05) is 0 Å². The van der Waals surface area contributed by atoms with E-state index in [0.717, 1.165) is 42.6 Å². The maximum Gasteiger partial charge on any atom is 0.338 e. The van der Waals surface area contributed by atoms with Gasteiger partial charge in [0.2, 0.25) is 0 Å². The van der Waals surface area contributed by atoms with Crippen LogP contribution in [0.4, 0.5) is 0 Å². The molecule has 1 N–H and O–H groups in total. The Labute approximate surface area is 233 Å². The van der Waals surface area contributed by atoms with Gasteiger partial charge in [-0.05, 0) is 61.1 Å². The van der Waals surface area contributed by atoms with E-state index in [1.807, 2.05) is 43.3 Å². The van der Waals surface area contributed by atoms with Crippen molar-refractivity contribution in [3.05, 3.63) is 83.4 Å². The van der Waals surface area contributed by atoms with Gasteiger partial charge in [0.05, 0.1) is 18.3 Å². The van der Waals surface area contributed by atoms with Gasteiger partial charge in [-0.1, -0.05) is 107 Å². The smallest absolute Gasteiger partial charge is 0.338 e. The molecule has 210 valence electrons. The van der Waals surface area contributed by atoms with Gasteiger partial charge in [0.25, 0.3) is 0 Å². The second kappa shape index (κ2) is 15.3. The SMILES string of the molecule is CCCCCCCCOc1ccc(C2=CCC(C(=O)O)(c3ccccc3C(=O)OC(C)CCCC)C=C2)cc1. The lowest BCUT2D eigenvalue weighted by atomic mass is 9.72. The largest absolute Gasteiger partial charge is 0.494 e. The number of hydrogen-bond acceptors (Lipinski definition) is 4. The number of carbonyl (C=O) groups excluding carboxylic acids is 1. The summed E-state index contributed by atoms with van der Waals surface area (Å²) in [5.41, 5.74) is 1.36. The van der Waals surface area contributed by atoms with Gasteiger partial charge in [0.15, 0.2) is 0 Å². The summed E-state index contributed by atoms with van der Waals surface area (Å²) >= 11 is 0. The van der Waals surface area contributed by atoms with Crippen molar-refractivity contribution >= 4 is 17.5 Å². The summed E-state index contributed by atoms with van der Waals surface area (Å²) in [6.45, 7) is 6.91. The molecule has 2 aromatic rings. The summed E-state index contributed by atoms with van der Waals surface area (Å²) < 4.78 is 11.6. The Hall–Kier alpha value is -3.34. The molecule has 0 aromatic heterocycles. The molecule has 0 spiro atoms. The van der Waals surface area contributed by atoms with Crippen molar-refractivity contribution in [2.24, 2.45) is 0 Å². The predicted octanol–water partition coefficient (Wildman–Crippen LogP) is 8.53. The third kappa shape index (κ3) is 8.32. The molecule has 5 heteroatoms. The maximum absolute atomic E-state index is 13.1. The first-order chi connectivity index (χ1) is 18.9. The molecule has 2 unspecified atom stereocenters. The van der Waals surface area contributed by atoms with Crippen LogP contribution in [0, 0.1) is 0 Å². The van der Waals surface area contributed by atoms with E-state index in [1.54, 1.807) is 30.3 Å². The quantitative estimate of drug-likeness (QED) is 0.173. The predicted molar refractivity (Wildman–Crippen MR) is 157 cm³/mol. The highest BCUT2D eigenvalue weighted by atomic mass is 16.5. The van der Waals surface area contributed by atoms with E-state index in [1.165, 1.54) is 32.1 Å². The lowest BCUT2D eigenvalue weighted by molar-refractivity contribution is -0.141. The number of benzene rings is 2. The molecule has 0 saturated heterocycles. The van der Waals surface area contributed by atoms with Crippen molar-refractivity contribution in [3.63, 3.8) is 0 Å². The van der Waals surface area contributed by atoms with Crippen molar-refractivity contribution in [1.82, 2.24) is 0 Å². The molecule has 5 nitrogen and oxygen atoms in total. The van der Waals surface area contributed by atoms with E-state index >= 15 is 0 Å². The van der Waals surface area contributed by atoms with E-state index in [9.17, 15) is 14.7 Å². The summed E-state index contributed by atoms with van der Waals surface area (Å²) in [7, 11) is 0. The Balaban J connectivity index is 1.68. The molecule has 0 heterocycles. The minimum Gasteiger partial charge on any atom is -0.494 e. The fraction of sp³-hybridized carbons (Fsp3) is 0.471. The third-order valence-electron chi connectivity index (χ3n) is 7.43. The lowest BCUT2D eigenvalue weighted by Crippen LogP contribution is -2.36. The monoisotopic (exact) mass is 532 g/mol.